The van der Waals surface area contributed by atoms with Crippen LogP contribution in [0.5, 0.6) is 5.75 Å². The van der Waals surface area contributed by atoms with Crippen LogP contribution in [0.3, 0.4) is 0 Å². The quantitative estimate of drug-likeness (QED) is 0.868. The Hall–Kier alpha value is -1.02. The molecule has 1 rings (SSSR count). The van der Waals surface area contributed by atoms with E-state index in [-0.39, 0.29) is 11.5 Å². The second kappa shape index (κ2) is 5.54. The summed E-state index contributed by atoms with van der Waals surface area (Å²) in [6.45, 7) is 11.5. The van der Waals surface area contributed by atoms with Crippen molar-refractivity contribution >= 4 is 0 Å². The molecule has 1 aromatic rings. The minimum absolute atomic E-state index is 0.180. The number of benzene rings is 1. The molecule has 0 amide bonds. The average Bonchev–Trinajstić information content (AvgIpc) is 2.20. The van der Waals surface area contributed by atoms with E-state index in [0.717, 1.165) is 12.2 Å². The highest BCUT2D eigenvalue weighted by Crippen LogP contribution is 2.28. The van der Waals surface area contributed by atoms with Crippen LogP contribution in [0.1, 0.15) is 45.2 Å². The fourth-order valence-electron chi connectivity index (χ4n) is 1.76. The summed E-state index contributed by atoms with van der Waals surface area (Å²) in [5, 5.41) is 0. The molecule has 1 atom stereocenters. The summed E-state index contributed by atoms with van der Waals surface area (Å²) in [6, 6.07) is 6.44. The Morgan fingerprint density at radius 3 is 2.41 bits per heavy atom. The molecular formula is C15H25NO. The highest BCUT2D eigenvalue weighted by molar-refractivity contribution is 5.38. The third-order valence-corrected chi connectivity index (χ3v) is 2.94. The zero-order chi connectivity index (χ0) is 13.1. The van der Waals surface area contributed by atoms with Crippen molar-refractivity contribution in [1.82, 2.24) is 0 Å². The van der Waals surface area contributed by atoms with Crippen LogP contribution < -0.4 is 10.5 Å². The maximum absolute atomic E-state index is 5.87. The molecule has 0 heterocycles. The Labute approximate surface area is 105 Å². The van der Waals surface area contributed by atoms with Crippen molar-refractivity contribution in [3.05, 3.63) is 29.3 Å². The lowest BCUT2D eigenvalue weighted by atomic mass is 9.86. The summed E-state index contributed by atoms with van der Waals surface area (Å²) in [5.74, 6) is 0.971. The summed E-state index contributed by atoms with van der Waals surface area (Å²) in [4.78, 5) is 0. The third kappa shape index (κ3) is 4.04. The number of hydrogen-bond donors (Lipinski definition) is 1. The number of hydrogen-bond acceptors (Lipinski definition) is 2. The second-order valence-corrected chi connectivity index (χ2v) is 5.74. The summed E-state index contributed by atoms with van der Waals surface area (Å²) >= 11 is 0. The van der Waals surface area contributed by atoms with Crippen LogP contribution >= 0.6 is 0 Å². The molecule has 0 aliphatic heterocycles. The first kappa shape index (κ1) is 14.0. The summed E-state index contributed by atoms with van der Waals surface area (Å²) in [5.41, 5.74) is 8.25. The van der Waals surface area contributed by atoms with Crippen molar-refractivity contribution in [2.75, 3.05) is 6.54 Å². The van der Waals surface area contributed by atoms with Crippen LogP contribution in [0.15, 0.2) is 18.2 Å². The van der Waals surface area contributed by atoms with Gasteiger partial charge in [-0.3, -0.25) is 0 Å². The lowest BCUT2D eigenvalue weighted by Crippen LogP contribution is -2.17. The van der Waals surface area contributed by atoms with E-state index in [2.05, 4.69) is 52.8 Å². The lowest BCUT2D eigenvalue weighted by molar-refractivity contribution is 0.212. The summed E-state index contributed by atoms with van der Waals surface area (Å²) in [7, 11) is 0. The van der Waals surface area contributed by atoms with Crippen molar-refractivity contribution in [1.29, 1.82) is 0 Å². The fourth-order valence-corrected chi connectivity index (χ4v) is 1.76. The average molecular weight is 235 g/mol. The first-order valence-corrected chi connectivity index (χ1v) is 6.32. The topological polar surface area (TPSA) is 35.2 Å². The van der Waals surface area contributed by atoms with Gasteiger partial charge in [0.05, 0.1) is 6.10 Å². The molecule has 0 bridgehead atoms. The van der Waals surface area contributed by atoms with Crippen molar-refractivity contribution in [2.24, 2.45) is 5.73 Å². The van der Waals surface area contributed by atoms with Crippen molar-refractivity contribution in [2.45, 2.75) is 52.6 Å². The lowest BCUT2D eigenvalue weighted by Gasteiger charge is -2.22. The molecule has 0 aliphatic carbocycles. The van der Waals surface area contributed by atoms with E-state index in [1.165, 1.54) is 11.1 Å². The highest BCUT2D eigenvalue weighted by atomic mass is 16.5. The van der Waals surface area contributed by atoms with E-state index >= 15 is 0 Å². The van der Waals surface area contributed by atoms with Crippen LogP contribution in [-0.4, -0.2) is 12.6 Å². The molecule has 1 aromatic carbocycles. The van der Waals surface area contributed by atoms with Crippen LogP contribution in [0.4, 0.5) is 0 Å². The predicted octanol–water partition coefficient (Wildman–Crippen LogP) is 3.41. The summed E-state index contributed by atoms with van der Waals surface area (Å²) in [6.07, 6.45) is 1.07. The van der Waals surface area contributed by atoms with Crippen LogP contribution in [0, 0.1) is 6.92 Å². The molecule has 2 heteroatoms. The van der Waals surface area contributed by atoms with Gasteiger partial charge in [-0.1, -0.05) is 32.9 Å². The van der Waals surface area contributed by atoms with Gasteiger partial charge in [0.2, 0.25) is 0 Å². The largest absolute Gasteiger partial charge is 0.490 e. The van der Waals surface area contributed by atoms with E-state index in [1.807, 2.05) is 0 Å². The normalized spacial score (nSPS) is 13.5. The SMILES string of the molecule is Cc1cc(C(C)(C)C)ccc1OC(C)CCN. The predicted molar refractivity (Wildman–Crippen MR) is 73.6 cm³/mol. The number of ether oxygens (including phenoxy) is 1. The van der Waals surface area contributed by atoms with Crippen molar-refractivity contribution in [3.8, 4) is 5.75 Å². The minimum atomic E-state index is 0.180. The van der Waals surface area contributed by atoms with Crippen molar-refractivity contribution < 1.29 is 4.74 Å². The van der Waals surface area contributed by atoms with Gasteiger partial charge in [-0.05, 0) is 49.4 Å². The molecule has 0 radical (unpaired) electrons. The van der Waals surface area contributed by atoms with Gasteiger partial charge in [-0.25, -0.2) is 0 Å². The van der Waals surface area contributed by atoms with Gasteiger partial charge < -0.3 is 10.5 Å². The molecule has 0 aliphatic rings. The highest BCUT2D eigenvalue weighted by Gasteiger charge is 2.15. The monoisotopic (exact) mass is 235 g/mol. The van der Waals surface area contributed by atoms with Gasteiger partial charge in [0, 0.05) is 0 Å². The van der Waals surface area contributed by atoms with Crippen molar-refractivity contribution in [3.63, 3.8) is 0 Å². The van der Waals surface area contributed by atoms with Crippen LogP contribution in [-0.2, 0) is 5.41 Å². The third-order valence-electron chi connectivity index (χ3n) is 2.94. The number of rotatable bonds is 4. The zero-order valence-corrected chi connectivity index (χ0v) is 11.7. The Morgan fingerprint density at radius 1 is 1.29 bits per heavy atom. The smallest absolute Gasteiger partial charge is 0.122 e. The van der Waals surface area contributed by atoms with Gasteiger partial charge in [0.25, 0.3) is 0 Å². The van der Waals surface area contributed by atoms with E-state index in [9.17, 15) is 0 Å². The molecular weight excluding hydrogens is 210 g/mol. The maximum Gasteiger partial charge on any atom is 0.122 e. The molecule has 2 nitrogen and oxygen atoms in total. The first-order valence-electron chi connectivity index (χ1n) is 6.32. The molecule has 96 valence electrons. The second-order valence-electron chi connectivity index (χ2n) is 5.74. The molecule has 17 heavy (non-hydrogen) atoms. The maximum atomic E-state index is 5.87. The number of aryl methyl sites for hydroxylation is 1. The van der Waals surface area contributed by atoms with E-state index in [0.29, 0.717) is 6.54 Å². The molecule has 0 fully saturated rings. The van der Waals surface area contributed by atoms with Crippen LogP contribution in [0.2, 0.25) is 0 Å². The van der Waals surface area contributed by atoms with Crippen LogP contribution in [0.25, 0.3) is 0 Å². The van der Waals surface area contributed by atoms with E-state index < -0.39 is 0 Å². The molecule has 0 spiro atoms. The first-order chi connectivity index (χ1) is 7.84. The van der Waals surface area contributed by atoms with E-state index in [4.69, 9.17) is 10.5 Å². The standard InChI is InChI=1S/C15H25NO/c1-11-10-13(15(3,4)5)6-7-14(11)17-12(2)8-9-16/h6-7,10,12H,8-9,16H2,1-5H3. The molecule has 0 aromatic heterocycles. The van der Waals surface area contributed by atoms with Gasteiger partial charge >= 0.3 is 0 Å². The zero-order valence-electron chi connectivity index (χ0n) is 11.7. The van der Waals surface area contributed by atoms with Gasteiger partial charge in [0.15, 0.2) is 0 Å². The van der Waals surface area contributed by atoms with E-state index in [1.54, 1.807) is 0 Å². The molecule has 0 saturated heterocycles. The molecule has 1 unspecified atom stereocenters. The molecule has 0 saturated carbocycles. The van der Waals surface area contributed by atoms with Gasteiger partial charge in [-0.2, -0.15) is 0 Å². The summed E-state index contributed by atoms with van der Waals surface area (Å²) < 4.78 is 5.87. The minimum Gasteiger partial charge on any atom is -0.490 e. The Morgan fingerprint density at radius 2 is 1.94 bits per heavy atom. The van der Waals surface area contributed by atoms with Gasteiger partial charge in [0.1, 0.15) is 5.75 Å². The Bertz CT molecular complexity index is 366. The Balaban J connectivity index is 2.83. The van der Waals surface area contributed by atoms with Gasteiger partial charge in [-0.15, -0.1) is 0 Å². The number of nitrogens with two attached hydrogens (primary N) is 1. The fraction of sp³-hybridized carbons (Fsp3) is 0.600. The Kier molecular flexibility index (Phi) is 4.58. The molecule has 2 N–H and O–H groups in total.